The second kappa shape index (κ2) is 5.50. The van der Waals surface area contributed by atoms with Crippen molar-refractivity contribution in [3.05, 3.63) is 35.4 Å². The smallest absolute Gasteiger partial charge is 0.197 e. The van der Waals surface area contributed by atoms with Crippen molar-refractivity contribution in [2.45, 2.75) is 38.9 Å². The van der Waals surface area contributed by atoms with Crippen LogP contribution in [0, 0.1) is 6.92 Å². The van der Waals surface area contributed by atoms with Crippen LogP contribution in [-0.2, 0) is 4.79 Å². The van der Waals surface area contributed by atoms with E-state index in [1.54, 1.807) is 12.1 Å². The molecule has 1 rings (SSSR count). The molecule has 0 radical (unpaired) electrons. The van der Waals surface area contributed by atoms with E-state index >= 15 is 0 Å². The summed E-state index contributed by atoms with van der Waals surface area (Å²) in [4.78, 5) is 23.5. The zero-order valence-electron chi connectivity index (χ0n) is 10.7. The van der Waals surface area contributed by atoms with Gasteiger partial charge in [0.15, 0.2) is 10.9 Å². The molecule has 0 aliphatic carbocycles. The number of hydrogen-bond donors (Lipinski definition) is 0. The van der Waals surface area contributed by atoms with Gasteiger partial charge < -0.3 is 0 Å². The summed E-state index contributed by atoms with van der Waals surface area (Å²) in [6, 6.07) is 7.31. The van der Waals surface area contributed by atoms with Crippen molar-refractivity contribution in [1.29, 1.82) is 0 Å². The van der Waals surface area contributed by atoms with Gasteiger partial charge in [-0.2, -0.15) is 0 Å². The van der Waals surface area contributed by atoms with Crippen LogP contribution in [0.2, 0.25) is 0 Å². The Labute approximate surface area is 107 Å². The Morgan fingerprint density at radius 2 is 1.65 bits per heavy atom. The van der Waals surface area contributed by atoms with E-state index in [-0.39, 0.29) is 22.1 Å². The molecule has 0 spiro atoms. The van der Waals surface area contributed by atoms with E-state index in [1.165, 1.54) is 11.8 Å². The molecular formula is C14H18O2S. The maximum Gasteiger partial charge on any atom is 0.197 e. The Balaban J connectivity index is 2.61. The lowest BCUT2D eigenvalue weighted by molar-refractivity contribution is -0.110. The summed E-state index contributed by atoms with van der Waals surface area (Å²) >= 11 is 1.22. The zero-order valence-corrected chi connectivity index (χ0v) is 11.6. The average molecular weight is 250 g/mol. The average Bonchev–Trinajstić information content (AvgIpc) is 2.15. The van der Waals surface area contributed by atoms with Crippen molar-refractivity contribution in [3.8, 4) is 0 Å². The van der Waals surface area contributed by atoms with Gasteiger partial charge in [0.25, 0.3) is 0 Å². The van der Waals surface area contributed by atoms with Gasteiger partial charge in [-0.15, -0.1) is 0 Å². The fourth-order valence-electron chi connectivity index (χ4n) is 1.35. The van der Waals surface area contributed by atoms with E-state index in [0.29, 0.717) is 5.56 Å². The minimum atomic E-state index is -0.134. The van der Waals surface area contributed by atoms with E-state index < -0.39 is 0 Å². The normalized spacial score (nSPS) is 11.3. The Bertz CT molecular complexity index is 413. The van der Waals surface area contributed by atoms with E-state index in [9.17, 15) is 9.59 Å². The molecule has 1 aromatic carbocycles. The largest absolute Gasteiger partial charge is 0.294 e. The highest BCUT2D eigenvalue weighted by Gasteiger charge is 2.19. The van der Waals surface area contributed by atoms with Crippen LogP contribution in [0.1, 0.15) is 43.1 Å². The maximum atomic E-state index is 11.8. The van der Waals surface area contributed by atoms with E-state index in [4.69, 9.17) is 0 Å². The Morgan fingerprint density at radius 1 is 1.12 bits per heavy atom. The first-order valence-electron chi connectivity index (χ1n) is 5.59. The SMILES string of the molecule is Cc1ccc(C(=O)CC(=O)SC(C)(C)C)cc1. The molecule has 3 heteroatoms. The summed E-state index contributed by atoms with van der Waals surface area (Å²) in [6.07, 6.45) is -0.0228. The molecule has 0 saturated carbocycles. The summed E-state index contributed by atoms with van der Waals surface area (Å²) < 4.78 is -0.134. The fraction of sp³-hybridized carbons (Fsp3) is 0.429. The van der Waals surface area contributed by atoms with Crippen LogP contribution in [0.3, 0.4) is 0 Å². The Kier molecular flexibility index (Phi) is 4.52. The Morgan fingerprint density at radius 3 is 2.12 bits per heavy atom. The predicted molar refractivity (Wildman–Crippen MR) is 72.5 cm³/mol. The van der Waals surface area contributed by atoms with Gasteiger partial charge in [-0.05, 0) is 6.92 Å². The number of hydrogen-bond acceptors (Lipinski definition) is 3. The molecule has 17 heavy (non-hydrogen) atoms. The van der Waals surface area contributed by atoms with Crippen LogP contribution in [-0.4, -0.2) is 15.6 Å². The van der Waals surface area contributed by atoms with Gasteiger partial charge in [-0.25, -0.2) is 0 Å². The summed E-state index contributed by atoms with van der Waals surface area (Å²) in [6.45, 7) is 7.86. The molecule has 0 N–H and O–H groups in total. The van der Waals surface area contributed by atoms with Gasteiger partial charge in [0.05, 0.1) is 6.42 Å². The topological polar surface area (TPSA) is 34.1 Å². The standard InChI is InChI=1S/C14H18O2S/c1-10-5-7-11(8-6-10)12(15)9-13(16)17-14(2,3)4/h5-8H,9H2,1-4H3. The molecular weight excluding hydrogens is 232 g/mol. The van der Waals surface area contributed by atoms with Gasteiger partial charge in [-0.1, -0.05) is 62.4 Å². The monoisotopic (exact) mass is 250 g/mol. The molecule has 0 aliphatic rings. The van der Waals surface area contributed by atoms with Gasteiger partial charge in [0.1, 0.15) is 0 Å². The van der Waals surface area contributed by atoms with Crippen LogP contribution >= 0.6 is 11.8 Å². The molecule has 2 nitrogen and oxygen atoms in total. The third kappa shape index (κ3) is 5.18. The number of thioether (sulfide) groups is 1. The first-order chi connectivity index (χ1) is 7.78. The number of benzene rings is 1. The maximum absolute atomic E-state index is 11.8. The third-order valence-corrected chi connectivity index (χ3v) is 3.08. The molecule has 0 amide bonds. The molecule has 0 aromatic heterocycles. The summed E-state index contributed by atoms with van der Waals surface area (Å²) in [7, 11) is 0. The zero-order chi connectivity index (χ0) is 13.1. The van der Waals surface area contributed by atoms with E-state index in [2.05, 4.69) is 0 Å². The first-order valence-corrected chi connectivity index (χ1v) is 6.41. The molecule has 0 heterocycles. The number of rotatable bonds is 3. The van der Waals surface area contributed by atoms with Crippen LogP contribution in [0.5, 0.6) is 0 Å². The van der Waals surface area contributed by atoms with Crippen molar-refractivity contribution < 1.29 is 9.59 Å². The quantitative estimate of drug-likeness (QED) is 0.607. The van der Waals surface area contributed by atoms with Crippen molar-refractivity contribution in [2.24, 2.45) is 0 Å². The Hall–Kier alpha value is -1.09. The number of carbonyl (C=O) groups is 2. The van der Waals surface area contributed by atoms with Crippen LogP contribution in [0.4, 0.5) is 0 Å². The number of ketones is 1. The van der Waals surface area contributed by atoms with Crippen molar-refractivity contribution in [2.75, 3.05) is 0 Å². The van der Waals surface area contributed by atoms with Gasteiger partial charge in [0, 0.05) is 10.3 Å². The van der Waals surface area contributed by atoms with Crippen LogP contribution < -0.4 is 0 Å². The number of carbonyl (C=O) groups excluding carboxylic acids is 2. The van der Waals surface area contributed by atoms with E-state index in [0.717, 1.165) is 5.56 Å². The lowest BCUT2D eigenvalue weighted by Crippen LogP contribution is -2.14. The molecule has 1 aromatic rings. The minimum absolute atomic E-state index is 0.0228. The lowest BCUT2D eigenvalue weighted by atomic mass is 10.1. The number of aryl methyl sites for hydroxylation is 1. The van der Waals surface area contributed by atoms with Crippen LogP contribution in [0.25, 0.3) is 0 Å². The molecule has 0 atom stereocenters. The summed E-state index contributed by atoms with van der Waals surface area (Å²) in [5.41, 5.74) is 1.72. The van der Waals surface area contributed by atoms with Crippen molar-refractivity contribution in [3.63, 3.8) is 0 Å². The first kappa shape index (κ1) is 14.0. The van der Waals surface area contributed by atoms with E-state index in [1.807, 2.05) is 39.8 Å². The highest BCUT2D eigenvalue weighted by atomic mass is 32.2. The molecule has 0 aliphatic heterocycles. The highest BCUT2D eigenvalue weighted by molar-refractivity contribution is 8.14. The van der Waals surface area contributed by atoms with Gasteiger partial charge >= 0.3 is 0 Å². The molecule has 0 bridgehead atoms. The molecule has 0 unspecified atom stereocenters. The lowest BCUT2D eigenvalue weighted by Gasteiger charge is -2.15. The van der Waals surface area contributed by atoms with Gasteiger partial charge in [-0.3, -0.25) is 9.59 Å². The fourth-order valence-corrected chi connectivity index (χ4v) is 2.24. The third-order valence-electron chi connectivity index (χ3n) is 2.10. The predicted octanol–water partition coefficient (Wildman–Crippen LogP) is 3.63. The highest BCUT2D eigenvalue weighted by Crippen LogP contribution is 2.25. The van der Waals surface area contributed by atoms with Gasteiger partial charge in [0.2, 0.25) is 0 Å². The second-order valence-corrected chi connectivity index (χ2v) is 6.94. The minimum Gasteiger partial charge on any atom is -0.294 e. The molecule has 92 valence electrons. The molecule has 0 saturated heterocycles. The molecule has 0 fully saturated rings. The summed E-state index contributed by atoms with van der Waals surface area (Å²) in [5, 5.41) is -0.0666. The second-order valence-electron chi connectivity index (χ2n) is 5.05. The van der Waals surface area contributed by atoms with Crippen molar-refractivity contribution >= 4 is 22.7 Å². The number of Topliss-reactive ketones (excluding diaryl/α,β-unsaturated/α-hetero) is 1. The van der Waals surface area contributed by atoms with Crippen molar-refractivity contribution in [1.82, 2.24) is 0 Å². The van der Waals surface area contributed by atoms with Crippen LogP contribution in [0.15, 0.2) is 24.3 Å². The summed E-state index contributed by atoms with van der Waals surface area (Å²) in [5.74, 6) is -0.105.